The number of carbonyl (C=O) groups is 2. The van der Waals surface area contributed by atoms with Crippen LogP contribution in [0.1, 0.15) is 47.7 Å². The van der Waals surface area contributed by atoms with Crippen LogP contribution in [0.15, 0.2) is 48.5 Å². The zero-order valence-electron chi connectivity index (χ0n) is 14.4. The first-order valence-corrected chi connectivity index (χ1v) is 8.20. The van der Waals surface area contributed by atoms with Gasteiger partial charge in [0.15, 0.2) is 0 Å². The van der Waals surface area contributed by atoms with Crippen LogP contribution >= 0.6 is 0 Å². The van der Waals surface area contributed by atoms with Gasteiger partial charge in [-0.1, -0.05) is 43.7 Å². The van der Waals surface area contributed by atoms with Crippen molar-refractivity contribution in [2.24, 2.45) is 0 Å². The minimum absolute atomic E-state index is 0.111. The van der Waals surface area contributed by atoms with Crippen LogP contribution in [-0.4, -0.2) is 18.4 Å². The summed E-state index contributed by atoms with van der Waals surface area (Å²) < 4.78 is 0. The van der Waals surface area contributed by atoms with Crippen LogP contribution < -0.4 is 10.6 Å². The number of benzene rings is 2. The van der Waals surface area contributed by atoms with E-state index in [9.17, 15) is 9.59 Å². The quantitative estimate of drug-likeness (QED) is 0.847. The minimum Gasteiger partial charge on any atom is -0.352 e. The van der Waals surface area contributed by atoms with Gasteiger partial charge in [-0.2, -0.15) is 0 Å². The highest BCUT2D eigenvalue weighted by Gasteiger charge is 2.08. The second-order valence-electron chi connectivity index (χ2n) is 6.20. The summed E-state index contributed by atoms with van der Waals surface area (Å²) in [4.78, 5) is 24.0. The predicted molar refractivity (Wildman–Crippen MR) is 97.3 cm³/mol. The lowest BCUT2D eigenvalue weighted by Gasteiger charge is -2.10. The molecule has 2 aromatic carbocycles. The fourth-order valence-electron chi connectivity index (χ4n) is 2.38. The first kappa shape index (κ1) is 17.7. The van der Waals surface area contributed by atoms with Gasteiger partial charge in [0.2, 0.25) is 5.91 Å². The first-order chi connectivity index (χ1) is 11.5. The molecule has 4 heteroatoms. The summed E-state index contributed by atoms with van der Waals surface area (Å²) in [6.07, 6.45) is 0.240. The fourth-order valence-corrected chi connectivity index (χ4v) is 2.38. The highest BCUT2D eigenvalue weighted by atomic mass is 16.2. The Hall–Kier alpha value is -2.62. The number of nitrogens with one attached hydrogen (secondary N) is 2. The molecule has 2 rings (SSSR count). The second-order valence-corrected chi connectivity index (χ2v) is 6.20. The van der Waals surface area contributed by atoms with Crippen LogP contribution in [0.4, 0.5) is 5.69 Å². The summed E-state index contributed by atoms with van der Waals surface area (Å²) in [5.74, 6) is 0.143. The zero-order chi connectivity index (χ0) is 17.5. The average molecular weight is 324 g/mol. The SMILES string of the molecule is Cc1cccc(C(=O)NCCC(=O)Nc2cccc(C(C)C)c2)c1. The van der Waals surface area contributed by atoms with Crippen molar-refractivity contribution in [3.8, 4) is 0 Å². The molecule has 0 fully saturated rings. The van der Waals surface area contributed by atoms with E-state index in [1.165, 1.54) is 5.56 Å². The lowest BCUT2D eigenvalue weighted by atomic mass is 10.0. The van der Waals surface area contributed by atoms with Crippen LogP contribution in [0, 0.1) is 6.92 Å². The molecule has 0 aromatic heterocycles. The average Bonchev–Trinajstić information content (AvgIpc) is 2.55. The van der Waals surface area contributed by atoms with Crippen LogP contribution in [0.3, 0.4) is 0 Å². The van der Waals surface area contributed by atoms with Crippen LogP contribution in [0.5, 0.6) is 0 Å². The number of hydrogen-bond acceptors (Lipinski definition) is 2. The molecule has 0 heterocycles. The number of hydrogen-bond donors (Lipinski definition) is 2. The maximum atomic E-state index is 12.0. The molecule has 0 bridgehead atoms. The van der Waals surface area contributed by atoms with Crippen molar-refractivity contribution >= 4 is 17.5 Å². The number of amides is 2. The number of anilines is 1. The van der Waals surface area contributed by atoms with Crippen molar-refractivity contribution in [3.05, 3.63) is 65.2 Å². The summed E-state index contributed by atoms with van der Waals surface area (Å²) in [7, 11) is 0. The van der Waals surface area contributed by atoms with Gasteiger partial charge in [-0.05, 0) is 42.7 Å². The molecule has 0 saturated carbocycles. The predicted octanol–water partition coefficient (Wildman–Crippen LogP) is 3.88. The molecule has 0 atom stereocenters. The van der Waals surface area contributed by atoms with Gasteiger partial charge in [0.1, 0.15) is 0 Å². The number of carbonyl (C=O) groups excluding carboxylic acids is 2. The summed E-state index contributed by atoms with van der Waals surface area (Å²) in [5, 5.41) is 5.64. The van der Waals surface area contributed by atoms with E-state index < -0.39 is 0 Å². The molecule has 0 saturated heterocycles. The molecule has 4 nitrogen and oxygen atoms in total. The molecule has 0 aliphatic rings. The van der Waals surface area contributed by atoms with E-state index in [2.05, 4.69) is 24.5 Å². The molecule has 2 N–H and O–H groups in total. The molecule has 0 spiro atoms. The highest BCUT2D eigenvalue weighted by molar-refractivity contribution is 5.95. The summed E-state index contributed by atoms with van der Waals surface area (Å²) in [5.41, 5.74) is 3.61. The molecular weight excluding hydrogens is 300 g/mol. The Morgan fingerprint density at radius 3 is 2.50 bits per heavy atom. The van der Waals surface area contributed by atoms with E-state index in [-0.39, 0.29) is 18.2 Å². The van der Waals surface area contributed by atoms with E-state index in [4.69, 9.17) is 0 Å². The van der Waals surface area contributed by atoms with Crippen molar-refractivity contribution in [1.82, 2.24) is 5.32 Å². The molecule has 2 aromatic rings. The van der Waals surface area contributed by atoms with Crippen molar-refractivity contribution < 1.29 is 9.59 Å². The van der Waals surface area contributed by atoms with Crippen molar-refractivity contribution in [1.29, 1.82) is 0 Å². The van der Waals surface area contributed by atoms with E-state index >= 15 is 0 Å². The topological polar surface area (TPSA) is 58.2 Å². The molecular formula is C20H24N2O2. The Labute approximate surface area is 143 Å². The van der Waals surface area contributed by atoms with E-state index in [1.54, 1.807) is 6.07 Å². The van der Waals surface area contributed by atoms with Gasteiger partial charge in [0, 0.05) is 24.2 Å². The van der Waals surface area contributed by atoms with E-state index in [1.807, 2.05) is 49.4 Å². The third-order valence-corrected chi connectivity index (χ3v) is 3.75. The maximum absolute atomic E-state index is 12.0. The molecule has 126 valence electrons. The van der Waals surface area contributed by atoms with Gasteiger partial charge >= 0.3 is 0 Å². The Balaban J connectivity index is 1.81. The first-order valence-electron chi connectivity index (χ1n) is 8.20. The second kappa shape index (κ2) is 8.29. The van der Waals surface area contributed by atoms with Crippen LogP contribution in [0.2, 0.25) is 0 Å². The fraction of sp³-hybridized carbons (Fsp3) is 0.300. The minimum atomic E-state index is -0.159. The van der Waals surface area contributed by atoms with Gasteiger partial charge in [-0.15, -0.1) is 0 Å². The van der Waals surface area contributed by atoms with Crippen LogP contribution in [-0.2, 0) is 4.79 Å². The van der Waals surface area contributed by atoms with Gasteiger partial charge in [0.25, 0.3) is 5.91 Å². The molecule has 0 aliphatic carbocycles. The monoisotopic (exact) mass is 324 g/mol. The van der Waals surface area contributed by atoms with Crippen molar-refractivity contribution in [2.45, 2.75) is 33.1 Å². The van der Waals surface area contributed by atoms with Gasteiger partial charge < -0.3 is 10.6 Å². The van der Waals surface area contributed by atoms with Gasteiger partial charge in [0.05, 0.1) is 0 Å². The smallest absolute Gasteiger partial charge is 0.251 e. The third kappa shape index (κ3) is 5.23. The number of aryl methyl sites for hydroxylation is 1. The largest absolute Gasteiger partial charge is 0.352 e. The molecule has 0 radical (unpaired) electrons. The Morgan fingerprint density at radius 1 is 1.04 bits per heavy atom. The molecule has 0 aliphatic heterocycles. The van der Waals surface area contributed by atoms with Crippen LogP contribution in [0.25, 0.3) is 0 Å². The zero-order valence-corrected chi connectivity index (χ0v) is 14.4. The lowest BCUT2D eigenvalue weighted by molar-refractivity contribution is -0.116. The summed E-state index contributed by atoms with van der Waals surface area (Å²) in [6.45, 7) is 6.47. The highest BCUT2D eigenvalue weighted by Crippen LogP contribution is 2.18. The van der Waals surface area contributed by atoms with Crippen molar-refractivity contribution in [3.63, 3.8) is 0 Å². The molecule has 24 heavy (non-hydrogen) atoms. The standard InChI is InChI=1S/C20H24N2O2/c1-14(2)16-7-5-9-18(13-16)22-19(23)10-11-21-20(24)17-8-4-6-15(3)12-17/h4-9,12-14H,10-11H2,1-3H3,(H,21,24)(H,22,23). The number of rotatable bonds is 6. The van der Waals surface area contributed by atoms with E-state index in [0.29, 0.717) is 18.0 Å². The van der Waals surface area contributed by atoms with Crippen molar-refractivity contribution in [2.75, 3.05) is 11.9 Å². The molecule has 0 unspecified atom stereocenters. The normalized spacial score (nSPS) is 10.5. The summed E-state index contributed by atoms with van der Waals surface area (Å²) >= 11 is 0. The molecule has 2 amide bonds. The Bertz CT molecular complexity index is 723. The maximum Gasteiger partial charge on any atom is 0.251 e. The summed E-state index contributed by atoms with van der Waals surface area (Å²) in [6, 6.07) is 15.2. The third-order valence-electron chi connectivity index (χ3n) is 3.75. The lowest BCUT2D eigenvalue weighted by Crippen LogP contribution is -2.27. The van der Waals surface area contributed by atoms with Gasteiger partial charge in [-0.25, -0.2) is 0 Å². The Morgan fingerprint density at radius 2 is 1.79 bits per heavy atom. The van der Waals surface area contributed by atoms with E-state index in [0.717, 1.165) is 11.3 Å². The Kier molecular flexibility index (Phi) is 6.13. The van der Waals surface area contributed by atoms with Gasteiger partial charge in [-0.3, -0.25) is 9.59 Å².